The largest absolute Gasteiger partial charge is 0.492 e. The fourth-order valence-corrected chi connectivity index (χ4v) is 1.89. The molecule has 1 aromatic carbocycles. The third-order valence-electron chi connectivity index (χ3n) is 3.04. The summed E-state index contributed by atoms with van der Waals surface area (Å²) in [6.45, 7) is 5.61. The molecule has 0 aliphatic carbocycles. The van der Waals surface area contributed by atoms with E-state index in [9.17, 15) is 0 Å². The maximum Gasteiger partial charge on any atom is 0.122 e. The Morgan fingerprint density at radius 1 is 1.16 bits per heavy atom. The molecule has 0 bridgehead atoms. The summed E-state index contributed by atoms with van der Waals surface area (Å²) < 4.78 is 5.74. The van der Waals surface area contributed by atoms with Gasteiger partial charge < -0.3 is 10.1 Å². The number of pyridine rings is 1. The first kappa shape index (κ1) is 13.6. The number of hydrogen-bond donors (Lipinski definition) is 1. The lowest BCUT2D eigenvalue weighted by atomic mass is 10.2. The van der Waals surface area contributed by atoms with Gasteiger partial charge in [-0.05, 0) is 37.6 Å². The summed E-state index contributed by atoms with van der Waals surface area (Å²) in [6, 6.07) is 14.3. The summed E-state index contributed by atoms with van der Waals surface area (Å²) in [7, 11) is 0. The van der Waals surface area contributed by atoms with Crippen LogP contribution in [-0.4, -0.2) is 18.1 Å². The van der Waals surface area contributed by atoms with Crippen LogP contribution in [0.4, 0.5) is 0 Å². The van der Waals surface area contributed by atoms with E-state index in [4.69, 9.17) is 4.74 Å². The van der Waals surface area contributed by atoms with Gasteiger partial charge in [-0.3, -0.25) is 4.98 Å². The molecule has 3 heteroatoms. The minimum atomic E-state index is 0.238. The zero-order valence-electron chi connectivity index (χ0n) is 11.5. The summed E-state index contributed by atoms with van der Waals surface area (Å²) in [5, 5.41) is 3.40. The quantitative estimate of drug-likeness (QED) is 0.806. The Kier molecular flexibility index (Phi) is 4.93. The van der Waals surface area contributed by atoms with Crippen molar-refractivity contribution in [2.75, 3.05) is 13.2 Å². The van der Waals surface area contributed by atoms with Gasteiger partial charge in [0.2, 0.25) is 0 Å². The lowest BCUT2D eigenvalue weighted by Gasteiger charge is -2.14. The number of para-hydroxylation sites is 1. The molecule has 1 aromatic heterocycles. The van der Waals surface area contributed by atoms with Crippen molar-refractivity contribution >= 4 is 0 Å². The van der Waals surface area contributed by atoms with E-state index in [2.05, 4.69) is 30.2 Å². The molecule has 3 nitrogen and oxygen atoms in total. The van der Waals surface area contributed by atoms with Gasteiger partial charge in [0, 0.05) is 18.8 Å². The van der Waals surface area contributed by atoms with Gasteiger partial charge in [0.25, 0.3) is 0 Å². The van der Waals surface area contributed by atoms with Gasteiger partial charge in [-0.2, -0.15) is 0 Å². The van der Waals surface area contributed by atoms with Crippen molar-refractivity contribution in [3.63, 3.8) is 0 Å². The maximum atomic E-state index is 5.74. The molecule has 0 saturated heterocycles. The average Bonchev–Trinajstić information content (AvgIpc) is 2.46. The van der Waals surface area contributed by atoms with Crippen molar-refractivity contribution in [3.05, 3.63) is 59.9 Å². The summed E-state index contributed by atoms with van der Waals surface area (Å²) >= 11 is 0. The molecular weight excluding hydrogens is 236 g/mol. The molecule has 0 saturated carbocycles. The Morgan fingerprint density at radius 3 is 2.68 bits per heavy atom. The van der Waals surface area contributed by atoms with Crippen LogP contribution in [0.3, 0.4) is 0 Å². The number of rotatable bonds is 6. The second-order valence-corrected chi connectivity index (χ2v) is 4.54. The van der Waals surface area contributed by atoms with Gasteiger partial charge in [0.1, 0.15) is 12.4 Å². The number of nitrogens with zero attached hydrogens (tertiary/aromatic N) is 1. The van der Waals surface area contributed by atoms with Gasteiger partial charge in [-0.1, -0.05) is 24.3 Å². The first-order valence-corrected chi connectivity index (χ1v) is 6.60. The van der Waals surface area contributed by atoms with Crippen LogP contribution < -0.4 is 10.1 Å². The number of hydrogen-bond acceptors (Lipinski definition) is 3. The number of nitrogens with one attached hydrogen (secondary N) is 1. The van der Waals surface area contributed by atoms with Gasteiger partial charge in [0.15, 0.2) is 0 Å². The van der Waals surface area contributed by atoms with Crippen molar-refractivity contribution in [3.8, 4) is 5.75 Å². The first-order valence-electron chi connectivity index (χ1n) is 6.60. The highest BCUT2D eigenvalue weighted by Crippen LogP contribution is 2.15. The van der Waals surface area contributed by atoms with Gasteiger partial charge in [-0.25, -0.2) is 0 Å². The van der Waals surface area contributed by atoms with Crippen molar-refractivity contribution in [2.24, 2.45) is 0 Å². The number of benzene rings is 1. The van der Waals surface area contributed by atoms with E-state index in [0.29, 0.717) is 6.61 Å². The Morgan fingerprint density at radius 2 is 1.95 bits per heavy atom. The fourth-order valence-electron chi connectivity index (χ4n) is 1.89. The zero-order chi connectivity index (χ0) is 13.5. The van der Waals surface area contributed by atoms with Crippen LogP contribution in [-0.2, 0) is 0 Å². The number of aromatic nitrogens is 1. The smallest absolute Gasteiger partial charge is 0.122 e. The SMILES string of the molecule is Cc1ccccc1OCCNC(C)c1ccccn1. The molecule has 0 spiro atoms. The highest BCUT2D eigenvalue weighted by molar-refractivity contribution is 5.31. The van der Waals surface area contributed by atoms with E-state index in [1.54, 1.807) is 0 Å². The second kappa shape index (κ2) is 6.90. The molecule has 0 amide bonds. The van der Waals surface area contributed by atoms with Crippen molar-refractivity contribution in [2.45, 2.75) is 19.9 Å². The van der Waals surface area contributed by atoms with E-state index in [1.807, 2.05) is 42.6 Å². The second-order valence-electron chi connectivity index (χ2n) is 4.54. The monoisotopic (exact) mass is 256 g/mol. The highest BCUT2D eigenvalue weighted by atomic mass is 16.5. The average molecular weight is 256 g/mol. The Hall–Kier alpha value is -1.87. The number of aryl methyl sites for hydroxylation is 1. The zero-order valence-corrected chi connectivity index (χ0v) is 11.5. The molecule has 1 heterocycles. The predicted octanol–water partition coefficient (Wildman–Crippen LogP) is 3.12. The van der Waals surface area contributed by atoms with E-state index in [1.165, 1.54) is 5.56 Å². The summed E-state index contributed by atoms with van der Waals surface area (Å²) in [6.07, 6.45) is 1.82. The topological polar surface area (TPSA) is 34.1 Å². The maximum absolute atomic E-state index is 5.74. The van der Waals surface area contributed by atoms with Gasteiger partial charge in [0.05, 0.1) is 5.69 Å². The van der Waals surface area contributed by atoms with Crippen LogP contribution in [0.25, 0.3) is 0 Å². The van der Waals surface area contributed by atoms with Crippen LogP contribution >= 0.6 is 0 Å². The Bertz CT molecular complexity index is 499. The van der Waals surface area contributed by atoms with Crippen molar-refractivity contribution in [1.82, 2.24) is 10.3 Å². The molecule has 100 valence electrons. The molecule has 0 aliphatic rings. The van der Waals surface area contributed by atoms with Crippen LogP contribution in [0.5, 0.6) is 5.75 Å². The first-order chi connectivity index (χ1) is 9.27. The lowest BCUT2D eigenvalue weighted by molar-refractivity contribution is 0.305. The van der Waals surface area contributed by atoms with Crippen LogP contribution in [0.1, 0.15) is 24.2 Å². The molecule has 2 rings (SSSR count). The van der Waals surface area contributed by atoms with Gasteiger partial charge in [-0.15, -0.1) is 0 Å². The fraction of sp³-hybridized carbons (Fsp3) is 0.312. The standard InChI is InChI=1S/C16H20N2O/c1-13-7-3-4-9-16(13)19-12-11-17-14(2)15-8-5-6-10-18-15/h3-10,14,17H,11-12H2,1-2H3. The highest BCUT2D eigenvalue weighted by Gasteiger charge is 2.04. The van der Waals surface area contributed by atoms with Crippen molar-refractivity contribution in [1.29, 1.82) is 0 Å². The van der Waals surface area contributed by atoms with Crippen molar-refractivity contribution < 1.29 is 4.74 Å². The number of ether oxygens (including phenoxy) is 1. The molecule has 0 radical (unpaired) electrons. The Balaban J connectivity index is 1.74. The van der Waals surface area contributed by atoms with E-state index < -0.39 is 0 Å². The Labute approximate surface area is 114 Å². The van der Waals surface area contributed by atoms with Crippen LogP contribution in [0, 0.1) is 6.92 Å². The molecule has 1 unspecified atom stereocenters. The lowest BCUT2D eigenvalue weighted by Crippen LogP contribution is -2.25. The van der Waals surface area contributed by atoms with E-state index >= 15 is 0 Å². The minimum Gasteiger partial charge on any atom is -0.492 e. The summed E-state index contributed by atoms with van der Waals surface area (Å²) in [4.78, 5) is 4.33. The van der Waals surface area contributed by atoms with Crippen LogP contribution in [0.15, 0.2) is 48.7 Å². The van der Waals surface area contributed by atoms with E-state index in [0.717, 1.165) is 18.0 Å². The summed E-state index contributed by atoms with van der Waals surface area (Å²) in [5.41, 5.74) is 2.22. The normalized spacial score (nSPS) is 12.1. The predicted molar refractivity (Wildman–Crippen MR) is 77.3 cm³/mol. The van der Waals surface area contributed by atoms with E-state index in [-0.39, 0.29) is 6.04 Å². The third kappa shape index (κ3) is 4.07. The molecule has 19 heavy (non-hydrogen) atoms. The third-order valence-corrected chi connectivity index (χ3v) is 3.04. The summed E-state index contributed by atoms with van der Waals surface area (Å²) in [5.74, 6) is 0.954. The van der Waals surface area contributed by atoms with Gasteiger partial charge >= 0.3 is 0 Å². The molecule has 1 atom stereocenters. The molecule has 0 fully saturated rings. The van der Waals surface area contributed by atoms with Crippen LogP contribution in [0.2, 0.25) is 0 Å². The molecule has 0 aliphatic heterocycles. The molecular formula is C16H20N2O. The molecule has 2 aromatic rings. The molecule has 1 N–H and O–H groups in total. The minimum absolute atomic E-state index is 0.238.